The van der Waals surface area contributed by atoms with Crippen molar-refractivity contribution in [1.29, 1.82) is 0 Å². The molecule has 0 aliphatic rings. The van der Waals surface area contributed by atoms with Gasteiger partial charge in [0.15, 0.2) is 35.6 Å². The van der Waals surface area contributed by atoms with Gasteiger partial charge >= 0.3 is 29.6 Å². The van der Waals surface area contributed by atoms with Crippen LogP contribution in [0.15, 0.2) is 224 Å². The fourth-order valence-electron chi connectivity index (χ4n) is 9.65. The summed E-state index contributed by atoms with van der Waals surface area (Å²) in [5.74, 6) is -3.56. The van der Waals surface area contributed by atoms with E-state index in [2.05, 4.69) is 50.8 Å². The molecule has 6 aromatic carbocycles. The number of hydrogen-bond acceptors (Lipinski definition) is 16. The summed E-state index contributed by atoms with van der Waals surface area (Å²) in [7, 11) is -9.02. The third-order valence-corrected chi connectivity index (χ3v) is 18.1. The van der Waals surface area contributed by atoms with Crippen molar-refractivity contribution in [2.75, 3.05) is 18.7 Å². The predicted octanol–water partition coefficient (Wildman–Crippen LogP) is 11.2. The topological polar surface area (TPSA) is 245 Å². The molecule has 0 spiro atoms. The van der Waals surface area contributed by atoms with Crippen LogP contribution < -0.4 is 40.7 Å². The molecule has 12 aromatic rings. The second-order valence-electron chi connectivity index (χ2n) is 21.2. The predicted molar refractivity (Wildman–Crippen MR) is 351 cm³/mol. The Morgan fingerprint density at radius 1 is 0.583 bits per heavy atom. The molecule has 0 aliphatic heterocycles. The van der Waals surface area contributed by atoms with Gasteiger partial charge in [-0.05, 0) is 110 Å². The van der Waals surface area contributed by atoms with Crippen LogP contribution in [0, 0.1) is 37.1 Å². The third kappa shape index (κ3) is 19.5. The molecule has 27 heteroatoms. The van der Waals surface area contributed by atoms with E-state index in [-0.39, 0.29) is 97.6 Å². The number of hydrogen-bond donors (Lipinski definition) is 1. The van der Waals surface area contributed by atoms with Gasteiger partial charge in [-0.3, -0.25) is 14.0 Å². The van der Waals surface area contributed by atoms with Gasteiger partial charge in [0.05, 0.1) is 63.4 Å². The van der Waals surface area contributed by atoms with Crippen molar-refractivity contribution in [2.24, 2.45) is 0 Å². The number of H-pyrrole nitrogens is 1. The minimum Gasteiger partial charge on any atom is -1.00 e. The van der Waals surface area contributed by atoms with Gasteiger partial charge in [0.25, 0.3) is 11.1 Å². The number of nitrogens with one attached hydrogen (secondary N) is 1. The number of halogens is 6. The molecule has 2 atom stereocenters. The van der Waals surface area contributed by atoms with E-state index in [1.165, 1.54) is 59.6 Å². The number of rotatable bonds is 21. The number of oxazole rings is 2. The maximum absolute atomic E-state index is 14.9. The SMILES string of the molecule is BrCc1ccc2ocnc2c1.Cc1cc(-c2c[nH]c(=O)c(F)c2)nc(S(=O)(=O)CCC(OCc2ccccc2F)c2ccccc2)n1.Cc1cc(-c2cc(F)c(=O)n(Cc3ccc4ocnc4c3)c2)nc(S(=O)(=O)CCC(OCc2ccccc2F)c2ccccc2)n1.[2H]CF.[H-].[Na+]. The smallest absolute Gasteiger partial charge is 1.00 e. The summed E-state index contributed by atoms with van der Waals surface area (Å²) in [5, 5.41) is 0.0126. The number of ether oxygens (including phenoxy) is 2. The second kappa shape index (κ2) is 34.3. The number of aromatic amines is 1. The first-order valence-corrected chi connectivity index (χ1v) is 33.4. The molecule has 18 nitrogen and oxygen atoms in total. The van der Waals surface area contributed by atoms with Crippen LogP contribution >= 0.6 is 15.9 Å². The standard InChI is InChI=1S/C34H28F2N4O5S.C26H23F2N3O4S.C8H6BrNO.CH3F.Na.H/c1-22-15-29(26-17-28(36)33(41)40(19-26)18-23-11-12-32-30(16-23)37-21-45-32)39-34(38-22)46(42,43)14-13-31(24-7-3-2-4-8-24)44-20-25-9-5-6-10-27(25)35;1-17-13-23(20-14-22(28)25(32)29-15-20)31-26(30-17)36(33,34)12-11-24(18-7-3-2-4-8-18)35-16-19-9-5-6-10-21(19)27;9-4-6-1-2-8-7(3-6)10-5-11-8;1-2;;/h2-12,15-17,19,21,31H,13-14,18,20H2,1H3;2-10,13-15,24H,11-12,16H2,1H3,(H,29,32);1-3,5H,4H2;1H3;;/q;;;;+1;-1/i;;;1D;;. The van der Waals surface area contributed by atoms with Gasteiger partial charge in [-0.2, -0.15) is 0 Å². The summed E-state index contributed by atoms with van der Waals surface area (Å²) in [5.41, 5.74) is 6.72. The minimum atomic E-state index is -4.05. The third-order valence-electron chi connectivity index (χ3n) is 14.4. The summed E-state index contributed by atoms with van der Waals surface area (Å²) in [4.78, 5) is 51.1. The molecule has 0 fully saturated rings. The van der Waals surface area contributed by atoms with Gasteiger partial charge in [-0.1, -0.05) is 125 Å². The summed E-state index contributed by atoms with van der Waals surface area (Å²) in [6.07, 6.45) is 4.29. The average Bonchev–Trinajstić information content (AvgIpc) is 1.06. The van der Waals surface area contributed by atoms with Gasteiger partial charge in [0.1, 0.15) is 22.7 Å². The fraction of sp³-hybridized carbons (Fsp3) is 0.188. The van der Waals surface area contributed by atoms with Crippen molar-refractivity contribution in [3.05, 3.63) is 284 Å². The number of alkyl halides is 2. The van der Waals surface area contributed by atoms with Gasteiger partial charge in [-0.15, -0.1) is 0 Å². The Hall–Kier alpha value is -8.73. The van der Waals surface area contributed by atoms with Crippen molar-refractivity contribution in [1.82, 2.24) is 39.5 Å². The van der Waals surface area contributed by atoms with Crippen LogP contribution in [0.25, 0.3) is 44.7 Å². The van der Waals surface area contributed by atoms with E-state index in [9.17, 15) is 48.4 Å². The maximum atomic E-state index is 14.9. The molecule has 12 rings (SSSR count). The summed E-state index contributed by atoms with van der Waals surface area (Å²) < 4.78 is 149. The van der Waals surface area contributed by atoms with Gasteiger partial charge in [0.2, 0.25) is 30.0 Å². The van der Waals surface area contributed by atoms with Crippen LogP contribution in [0.4, 0.5) is 22.0 Å². The fourth-order valence-corrected chi connectivity index (χ4v) is 12.5. The van der Waals surface area contributed by atoms with Crippen LogP contribution in [-0.4, -0.2) is 74.9 Å². The van der Waals surface area contributed by atoms with E-state index in [1.807, 2.05) is 78.9 Å². The molecule has 0 saturated heterocycles. The van der Waals surface area contributed by atoms with Crippen LogP contribution in [0.5, 0.6) is 0 Å². The first-order chi connectivity index (χ1) is 46.2. The number of nitrogens with zero attached hydrogens (tertiary/aromatic N) is 7. The van der Waals surface area contributed by atoms with Crippen molar-refractivity contribution in [2.45, 2.75) is 74.3 Å². The zero-order chi connectivity index (χ0) is 68.4. The van der Waals surface area contributed by atoms with Crippen LogP contribution in [-0.2, 0) is 54.2 Å². The van der Waals surface area contributed by atoms with E-state index in [0.717, 1.165) is 39.7 Å². The molecule has 6 heterocycles. The van der Waals surface area contributed by atoms with Crippen molar-refractivity contribution < 1.29 is 89.5 Å². The number of fused-ring (bicyclic) bond motifs is 2. The largest absolute Gasteiger partial charge is 1.00 e. The number of aryl methyl sites for hydroxylation is 2. The first-order valence-electron chi connectivity index (χ1n) is 29.7. The van der Waals surface area contributed by atoms with E-state index in [0.29, 0.717) is 39.2 Å². The van der Waals surface area contributed by atoms with E-state index in [4.69, 9.17) is 19.7 Å². The first kappa shape index (κ1) is 71.6. The minimum absolute atomic E-state index is 0. The summed E-state index contributed by atoms with van der Waals surface area (Å²) >= 11 is 3.37. The van der Waals surface area contributed by atoms with Crippen LogP contribution in [0.1, 0.15) is 72.6 Å². The molecule has 1 N–H and O–H groups in total. The zero-order valence-corrected chi connectivity index (χ0v) is 57.0. The molecule has 0 aliphatic carbocycles. The quantitative estimate of drug-likeness (QED) is 0.0304. The van der Waals surface area contributed by atoms with E-state index < -0.39 is 83.7 Å². The molecule has 0 bridgehead atoms. The van der Waals surface area contributed by atoms with Gasteiger partial charge in [-0.25, -0.2) is 64.3 Å². The maximum Gasteiger partial charge on any atom is 1.00 e. The molecule has 0 amide bonds. The molecule has 2 unspecified atom stereocenters. The monoisotopic (exact) mass is 1420 g/mol. The van der Waals surface area contributed by atoms with Crippen LogP contribution in [0.2, 0.25) is 0 Å². The molecule has 492 valence electrons. The number of sulfone groups is 2. The zero-order valence-electron chi connectivity index (χ0n) is 53.8. The number of pyridine rings is 2. The Bertz CT molecular complexity index is 4990. The van der Waals surface area contributed by atoms with Crippen molar-refractivity contribution in [3.8, 4) is 22.5 Å². The molecular formula is C69H61BrF5N8NaO10S2. The molecular weight excluding hydrogens is 1360 g/mol. The Kier molecular flexibility index (Phi) is 25.6. The Labute approximate surface area is 581 Å². The van der Waals surface area contributed by atoms with Crippen molar-refractivity contribution in [3.63, 3.8) is 0 Å². The Morgan fingerprint density at radius 3 is 1.51 bits per heavy atom. The van der Waals surface area contributed by atoms with Crippen LogP contribution in [0.3, 0.4) is 0 Å². The van der Waals surface area contributed by atoms with Gasteiger partial charge in [0, 0.05) is 51.4 Å². The van der Waals surface area contributed by atoms with Crippen molar-refractivity contribution >= 4 is 57.8 Å². The molecule has 0 radical (unpaired) electrons. The normalized spacial score (nSPS) is 12.0. The molecule has 96 heavy (non-hydrogen) atoms. The average molecular weight is 1430 g/mol. The Balaban J connectivity index is 0.000000230. The van der Waals surface area contributed by atoms with E-state index >= 15 is 0 Å². The summed E-state index contributed by atoms with van der Waals surface area (Å²) in [6.45, 7) is 3.15. The summed E-state index contributed by atoms with van der Waals surface area (Å²) in [6, 6.07) is 46.8. The van der Waals surface area contributed by atoms with E-state index in [1.54, 1.807) is 68.4 Å². The number of aromatic nitrogens is 8. The molecule has 6 aromatic heterocycles. The Morgan fingerprint density at radius 2 is 1.03 bits per heavy atom. The second-order valence-corrected chi connectivity index (χ2v) is 25.8. The number of benzene rings is 6. The molecule has 0 saturated carbocycles. The van der Waals surface area contributed by atoms with Gasteiger partial charge < -0.3 is 29.3 Å².